The van der Waals surface area contributed by atoms with E-state index in [-0.39, 0.29) is 12.3 Å². The minimum atomic E-state index is -1.74. The Kier molecular flexibility index (Phi) is 14.4. The molecule has 0 bridgehead atoms. The summed E-state index contributed by atoms with van der Waals surface area (Å²) in [5.41, 5.74) is -4.53. The van der Waals surface area contributed by atoms with E-state index in [1.165, 1.54) is 0 Å². The summed E-state index contributed by atoms with van der Waals surface area (Å²) in [5, 5.41) is 12.0. The second-order valence-electron chi connectivity index (χ2n) is 18.3. The highest BCUT2D eigenvalue weighted by Crippen LogP contribution is 2.44. The number of esters is 3. The fourth-order valence-electron chi connectivity index (χ4n) is 5.78. The molecule has 298 valence electrons. The van der Waals surface area contributed by atoms with Crippen LogP contribution in [0, 0.1) is 23.2 Å². The third-order valence-corrected chi connectivity index (χ3v) is 7.55. The van der Waals surface area contributed by atoms with Crippen molar-refractivity contribution in [3.05, 3.63) is 34.9 Å². The van der Waals surface area contributed by atoms with Crippen LogP contribution in [0.5, 0.6) is 0 Å². The van der Waals surface area contributed by atoms with E-state index in [1.807, 2.05) is 0 Å². The molecule has 1 aromatic carbocycles. The minimum absolute atomic E-state index is 0.300. The van der Waals surface area contributed by atoms with Crippen LogP contribution in [0.2, 0.25) is 5.02 Å². The van der Waals surface area contributed by atoms with Crippen molar-refractivity contribution < 1.29 is 47.7 Å². The third kappa shape index (κ3) is 14.2. The van der Waals surface area contributed by atoms with Gasteiger partial charge in [0.2, 0.25) is 12.3 Å². The largest absolute Gasteiger partial charge is 0.475 e. The second-order valence-corrected chi connectivity index (χ2v) is 18.8. The summed E-state index contributed by atoms with van der Waals surface area (Å²) >= 11 is 6.21. The second kappa shape index (κ2) is 16.8. The molecule has 0 saturated carbocycles. The van der Waals surface area contributed by atoms with Gasteiger partial charge in [0, 0.05) is 10.6 Å². The van der Waals surface area contributed by atoms with Gasteiger partial charge in [-0.25, -0.2) is 0 Å². The molecule has 0 radical (unpaired) electrons. The third-order valence-electron chi connectivity index (χ3n) is 7.29. The summed E-state index contributed by atoms with van der Waals surface area (Å²) in [4.78, 5) is 71.9. The number of rotatable bonds is 10. The van der Waals surface area contributed by atoms with Gasteiger partial charge in [0.1, 0.15) is 40.6 Å². The number of carbonyl (C=O) groups is 5. The predicted molar refractivity (Wildman–Crippen MR) is 200 cm³/mol. The van der Waals surface area contributed by atoms with Crippen molar-refractivity contribution in [3.8, 4) is 0 Å². The van der Waals surface area contributed by atoms with Crippen LogP contribution in [-0.4, -0.2) is 81.3 Å². The van der Waals surface area contributed by atoms with Gasteiger partial charge in [0.25, 0.3) is 0 Å². The van der Waals surface area contributed by atoms with E-state index in [0.29, 0.717) is 17.0 Å². The molecule has 1 aliphatic rings. The summed E-state index contributed by atoms with van der Waals surface area (Å²) < 4.78 is 30.0. The van der Waals surface area contributed by atoms with Crippen LogP contribution >= 0.6 is 11.6 Å². The standard InChI is InChI=1S/C39H60ClN3O10/c1-35(2,3)42-30(45)29(22-16-18-23(40)19-17-22)43(21-44)31-28(34(48)53-39(13,14)15)27(33(47)52-38(10,11)12)26(32(46)51-37(7,8)9)24(49-31)20-25(41)50-36(4,5)6/h16-19,21,24,26-29,31,41H,20H2,1-15H3,(H,42,45)/t24-,26+,27+,28-,29-,31-/m1/s1. The lowest BCUT2D eigenvalue weighted by Crippen LogP contribution is -2.63. The first-order chi connectivity index (χ1) is 23.8. The number of nitrogens with one attached hydrogen (secondary N) is 2. The molecule has 0 unspecified atom stereocenters. The van der Waals surface area contributed by atoms with Crippen molar-refractivity contribution in [1.82, 2.24) is 10.2 Å². The molecular formula is C39H60ClN3O10. The molecule has 0 aliphatic carbocycles. The summed E-state index contributed by atoms with van der Waals surface area (Å²) in [7, 11) is 0. The topological polar surface area (TPSA) is 171 Å². The van der Waals surface area contributed by atoms with Crippen LogP contribution in [0.1, 0.15) is 122 Å². The van der Waals surface area contributed by atoms with E-state index in [9.17, 15) is 24.0 Å². The molecule has 2 rings (SSSR count). The van der Waals surface area contributed by atoms with Crippen LogP contribution in [0.15, 0.2) is 24.3 Å². The Morgan fingerprint density at radius 3 is 1.55 bits per heavy atom. The Morgan fingerprint density at radius 2 is 1.15 bits per heavy atom. The van der Waals surface area contributed by atoms with Gasteiger partial charge in [-0.1, -0.05) is 23.7 Å². The zero-order valence-electron chi connectivity index (χ0n) is 34.0. The minimum Gasteiger partial charge on any atom is -0.475 e. The van der Waals surface area contributed by atoms with Crippen LogP contribution < -0.4 is 5.32 Å². The van der Waals surface area contributed by atoms with Gasteiger partial charge < -0.3 is 33.9 Å². The van der Waals surface area contributed by atoms with Gasteiger partial charge in [-0.2, -0.15) is 0 Å². The lowest BCUT2D eigenvalue weighted by atomic mass is 9.73. The Balaban J connectivity index is 3.07. The van der Waals surface area contributed by atoms with E-state index in [0.717, 1.165) is 4.90 Å². The van der Waals surface area contributed by atoms with Gasteiger partial charge in [-0.3, -0.25) is 29.4 Å². The zero-order valence-corrected chi connectivity index (χ0v) is 34.7. The normalized spacial score (nSPS) is 21.8. The molecule has 2 N–H and O–H groups in total. The number of nitrogens with zero attached hydrogens (tertiary/aromatic N) is 1. The molecule has 1 aromatic rings. The van der Waals surface area contributed by atoms with Crippen molar-refractivity contribution in [2.24, 2.45) is 17.8 Å². The monoisotopic (exact) mass is 765 g/mol. The smallest absolute Gasteiger partial charge is 0.314 e. The Bertz CT molecular complexity index is 1490. The zero-order chi connectivity index (χ0) is 41.1. The number of amides is 2. The molecule has 53 heavy (non-hydrogen) atoms. The molecule has 1 fully saturated rings. The number of hydrogen-bond donors (Lipinski definition) is 2. The van der Waals surface area contributed by atoms with E-state index < -0.39 is 87.9 Å². The highest BCUT2D eigenvalue weighted by atomic mass is 35.5. The van der Waals surface area contributed by atoms with E-state index in [2.05, 4.69) is 5.32 Å². The molecule has 2 amide bonds. The SMILES string of the molecule is CC(C)(C)NC(=O)[C@@H](c1ccc(Cl)cc1)N(C=O)[C@@H]1O[C@H](CC(=N)OC(C)(C)C)[C@H](C(=O)OC(C)(C)C)[C@H](C(=O)OC(C)(C)C)[C@H]1C(=O)OC(C)(C)C. The van der Waals surface area contributed by atoms with Gasteiger partial charge in [-0.05, 0) is 122 Å². The quantitative estimate of drug-likeness (QED) is 0.0877. The van der Waals surface area contributed by atoms with Crippen LogP contribution in [0.25, 0.3) is 0 Å². The van der Waals surface area contributed by atoms with Crippen LogP contribution in [0.4, 0.5) is 0 Å². The molecule has 14 heteroatoms. The maximum absolute atomic E-state index is 14.5. The summed E-state index contributed by atoms with van der Waals surface area (Å²) in [6.45, 7) is 25.2. The number of hydrogen-bond acceptors (Lipinski definition) is 11. The Morgan fingerprint density at radius 1 is 0.736 bits per heavy atom. The lowest BCUT2D eigenvalue weighted by Gasteiger charge is -2.49. The first-order valence-electron chi connectivity index (χ1n) is 17.7. The van der Waals surface area contributed by atoms with E-state index in [1.54, 1.807) is 128 Å². The number of halogens is 1. The molecule has 0 aromatic heterocycles. The maximum Gasteiger partial charge on any atom is 0.314 e. The highest BCUT2D eigenvalue weighted by Gasteiger charge is 2.60. The van der Waals surface area contributed by atoms with Crippen molar-refractivity contribution >= 4 is 47.7 Å². The Hall–Kier alpha value is -3.71. The first kappa shape index (κ1) is 45.4. The summed E-state index contributed by atoms with van der Waals surface area (Å²) in [5.74, 6) is -8.81. The molecule has 1 aliphatic heterocycles. The van der Waals surface area contributed by atoms with Crippen molar-refractivity contribution in [2.75, 3.05) is 0 Å². The average Bonchev–Trinajstić information content (AvgIpc) is 2.90. The molecule has 6 atom stereocenters. The van der Waals surface area contributed by atoms with Gasteiger partial charge in [0.15, 0.2) is 5.90 Å². The molecule has 0 spiro atoms. The molecule has 1 heterocycles. The molecule has 1 saturated heterocycles. The van der Waals surface area contributed by atoms with Gasteiger partial charge >= 0.3 is 17.9 Å². The first-order valence-corrected chi connectivity index (χ1v) is 18.1. The average molecular weight is 766 g/mol. The van der Waals surface area contributed by atoms with Crippen LogP contribution in [-0.2, 0) is 47.7 Å². The van der Waals surface area contributed by atoms with Gasteiger partial charge in [0.05, 0.1) is 24.4 Å². The summed E-state index contributed by atoms with van der Waals surface area (Å²) in [6.07, 6.45) is -3.17. The van der Waals surface area contributed by atoms with Crippen molar-refractivity contribution in [3.63, 3.8) is 0 Å². The maximum atomic E-state index is 14.5. The summed E-state index contributed by atoms with van der Waals surface area (Å²) in [6, 6.07) is 4.75. The van der Waals surface area contributed by atoms with Crippen molar-refractivity contribution in [1.29, 1.82) is 5.41 Å². The molecular weight excluding hydrogens is 706 g/mol. The van der Waals surface area contributed by atoms with Crippen LogP contribution in [0.3, 0.4) is 0 Å². The number of carbonyl (C=O) groups excluding carboxylic acids is 5. The van der Waals surface area contributed by atoms with E-state index >= 15 is 0 Å². The Labute approximate surface area is 319 Å². The fraction of sp³-hybridized carbons (Fsp3) is 0.692. The van der Waals surface area contributed by atoms with E-state index in [4.69, 9.17) is 40.7 Å². The number of benzene rings is 1. The lowest BCUT2D eigenvalue weighted by molar-refractivity contribution is -0.234. The molecule has 13 nitrogen and oxygen atoms in total. The van der Waals surface area contributed by atoms with Crippen molar-refractivity contribution in [2.45, 2.75) is 157 Å². The highest BCUT2D eigenvalue weighted by molar-refractivity contribution is 6.30. The predicted octanol–water partition coefficient (Wildman–Crippen LogP) is 6.54. The number of ether oxygens (including phenoxy) is 5. The fourth-order valence-corrected chi connectivity index (χ4v) is 5.90. The van der Waals surface area contributed by atoms with Gasteiger partial charge in [-0.15, -0.1) is 0 Å².